The van der Waals surface area contributed by atoms with Crippen LogP contribution in [0.5, 0.6) is 0 Å². The summed E-state index contributed by atoms with van der Waals surface area (Å²) in [7, 11) is 0. The van der Waals surface area contributed by atoms with Gasteiger partial charge in [-0.3, -0.25) is 4.79 Å². The van der Waals surface area contributed by atoms with Gasteiger partial charge in [0.1, 0.15) is 0 Å². The number of carbonyl (C=O) groups is 1. The van der Waals surface area contributed by atoms with Crippen LogP contribution in [0.2, 0.25) is 0 Å². The maximum Gasteiger partial charge on any atom is 0.275 e. The van der Waals surface area contributed by atoms with Crippen molar-refractivity contribution in [3.63, 3.8) is 0 Å². The van der Waals surface area contributed by atoms with Gasteiger partial charge in [-0.25, -0.2) is 4.68 Å². The molecule has 1 heterocycles. The van der Waals surface area contributed by atoms with Crippen LogP contribution in [-0.4, -0.2) is 33.7 Å². The van der Waals surface area contributed by atoms with Crippen molar-refractivity contribution in [2.45, 2.75) is 13.3 Å². The number of hydrogen-bond donors (Lipinski definition) is 1. The summed E-state index contributed by atoms with van der Waals surface area (Å²) in [6.45, 7) is 2.90. The SMILES string of the molecule is C#CCN(CCC)C(=O)c1ccn(-c2ccccc2N)n1. The van der Waals surface area contributed by atoms with E-state index >= 15 is 0 Å². The fraction of sp³-hybridized carbons (Fsp3) is 0.250. The molecule has 0 radical (unpaired) electrons. The second-order valence-electron chi connectivity index (χ2n) is 4.64. The van der Waals surface area contributed by atoms with Gasteiger partial charge >= 0.3 is 0 Å². The molecule has 2 N–H and O–H groups in total. The van der Waals surface area contributed by atoms with Gasteiger partial charge in [-0.2, -0.15) is 5.10 Å². The Hall–Kier alpha value is -2.74. The third kappa shape index (κ3) is 3.23. The Morgan fingerprint density at radius 1 is 1.43 bits per heavy atom. The topological polar surface area (TPSA) is 64.2 Å². The summed E-state index contributed by atoms with van der Waals surface area (Å²) >= 11 is 0. The first-order valence-corrected chi connectivity index (χ1v) is 6.80. The first kappa shape index (κ1) is 14.7. The van der Waals surface area contributed by atoms with Crippen LogP contribution in [0.15, 0.2) is 36.5 Å². The van der Waals surface area contributed by atoms with Crippen molar-refractivity contribution in [3.05, 3.63) is 42.2 Å². The molecule has 0 bridgehead atoms. The summed E-state index contributed by atoms with van der Waals surface area (Å²) in [5, 5.41) is 4.30. The van der Waals surface area contributed by atoms with E-state index in [9.17, 15) is 4.79 Å². The second kappa shape index (κ2) is 6.62. The number of nitrogens with zero attached hydrogens (tertiary/aromatic N) is 3. The number of benzene rings is 1. The molecule has 2 aromatic rings. The number of carbonyl (C=O) groups excluding carboxylic acids is 1. The number of terminal acetylenes is 1. The van der Waals surface area contributed by atoms with Crippen LogP contribution in [0.4, 0.5) is 5.69 Å². The van der Waals surface area contributed by atoms with Crippen LogP contribution in [0, 0.1) is 12.3 Å². The predicted molar refractivity (Wildman–Crippen MR) is 83.0 cm³/mol. The summed E-state index contributed by atoms with van der Waals surface area (Å²) in [6, 6.07) is 9.04. The lowest BCUT2D eigenvalue weighted by Crippen LogP contribution is -2.32. The highest BCUT2D eigenvalue weighted by Gasteiger charge is 2.17. The van der Waals surface area contributed by atoms with E-state index < -0.39 is 0 Å². The third-order valence-electron chi connectivity index (χ3n) is 3.05. The fourth-order valence-corrected chi connectivity index (χ4v) is 2.06. The Morgan fingerprint density at radius 2 is 2.19 bits per heavy atom. The zero-order valence-corrected chi connectivity index (χ0v) is 12.0. The van der Waals surface area contributed by atoms with Gasteiger partial charge in [-0.15, -0.1) is 6.42 Å². The van der Waals surface area contributed by atoms with Gasteiger partial charge in [0.25, 0.3) is 5.91 Å². The fourth-order valence-electron chi connectivity index (χ4n) is 2.06. The van der Waals surface area contributed by atoms with Crippen LogP contribution < -0.4 is 5.73 Å². The summed E-state index contributed by atoms with van der Waals surface area (Å²) in [6.07, 6.45) is 7.87. The van der Waals surface area contributed by atoms with E-state index in [-0.39, 0.29) is 12.5 Å². The van der Waals surface area contributed by atoms with Crippen LogP contribution in [-0.2, 0) is 0 Å². The monoisotopic (exact) mass is 282 g/mol. The maximum atomic E-state index is 12.4. The average molecular weight is 282 g/mol. The zero-order chi connectivity index (χ0) is 15.2. The molecule has 0 spiro atoms. The summed E-state index contributed by atoms with van der Waals surface area (Å²) in [4.78, 5) is 14.0. The molecular formula is C16H18N4O. The molecule has 21 heavy (non-hydrogen) atoms. The van der Waals surface area contributed by atoms with Crippen molar-refractivity contribution in [2.75, 3.05) is 18.8 Å². The van der Waals surface area contributed by atoms with Crippen molar-refractivity contribution < 1.29 is 4.79 Å². The standard InChI is InChI=1S/C16H18N4O/c1-3-10-19(11-4-2)16(21)14-9-12-20(18-14)15-8-6-5-7-13(15)17/h1,5-9,12H,4,10-11,17H2,2H3. The van der Waals surface area contributed by atoms with Crippen molar-refractivity contribution in [3.8, 4) is 18.0 Å². The third-order valence-corrected chi connectivity index (χ3v) is 3.05. The minimum Gasteiger partial charge on any atom is -0.397 e. The molecule has 5 heteroatoms. The smallest absolute Gasteiger partial charge is 0.275 e. The molecule has 0 saturated heterocycles. The predicted octanol–water partition coefficient (Wildman–Crippen LogP) is 1.94. The van der Waals surface area contributed by atoms with Gasteiger partial charge in [-0.05, 0) is 24.6 Å². The van der Waals surface area contributed by atoms with Gasteiger partial charge in [0, 0.05) is 12.7 Å². The quantitative estimate of drug-likeness (QED) is 0.673. The largest absolute Gasteiger partial charge is 0.397 e. The molecule has 5 nitrogen and oxygen atoms in total. The molecule has 108 valence electrons. The van der Waals surface area contributed by atoms with Crippen molar-refractivity contribution in [1.29, 1.82) is 0 Å². The molecule has 1 aromatic heterocycles. The number of nitrogens with two attached hydrogens (primary N) is 1. The van der Waals surface area contributed by atoms with E-state index in [2.05, 4.69) is 11.0 Å². The zero-order valence-electron chi connectivity index (χ0n) is 12.0. The van der Waals surface area contributed by atoms with Crippen molar-refractivity contribution in [1.82, 2.24) is 14.7 Å². The number of aromatic nitrogens is 2. The minimum atomic E-state index is -0.164. The Kier molecular flexibility index (Phi) is 4.62. The van der Waals surface area contributed by atoms with Gasteiger partial charge in [-0.1, -0.05) is 25.0 Å². The Bertz CT molecular complexity index is 669. The van der Waals surface area contributed by atoms with Gasteiger partial charge < -0.3 is 10.6 Å². The maximum absolute atomic E-state index is 12.4. The Labute approximate surface area is 124 Å². The van der Waals surface area contributed by atoms with E-state index in [0.29, 0.717) is 17.9 Å². The number of hydrogen-bond acceptors (Lipinski definition) is 3. The lowest BCUT2D eigenvalue weighted by Gasteiger charge is -2.17. The van der Waals surface area contributed by atoms with Gasteiger partial charge in [0.2, 0.25) is 0 Å². The number of amides is 1. The van der Waals surface area contributed by atoms with Crippen LogP contribution >= 0.6 is 0 Å². The molecule has 0 atom stereocenters. The summed E-state index contributed by atoms with van der Waals surface area (Å²) in [5.74, 6) is 2.34. The lowest BCUT2D eigenvalue weighted by atomic mass is 10.3. The Balaban J connectivity index is 2.25. The molecular weight excluding hydrogens is 264 g/mol. The molecule has 0 aliphatic carbocycles. The van der Waals surface area contributed by atoms with Crippen LogP contribution in [0.1, 0.15) is 23.8 Å². The van der Waals surface area contributed by atoms with Gasteiger partial charge in [0.15, 0.2) is 5.69 Å². The van der Waals surface area contributed by atoms with Gasteiger partial charge in [0.05, 0.1) is 17.9 Å². The van der Waals surface area contributed by atoms with Crippen LogP contribution in [0.25, 0.3) is 5.69 Å². The molecule has 1 amide bonds. The molecule has 0 saturated carbocycles. The highest BCUT2D eigenvalue weighted by molar-refractivity contribution is 5.92. The molecule has 0 fully saturated rings. The van der Waals surface area contributed by atoms with E-state index in [1.165, 1.54) is 0 Å². The molecule has 1 aromatic carbocycles. The summed E-state index contributed by atoms with van der Waals surface area (Å²) in [5.41, 5.74) is 7.62. The average Bonchev–Trinajstić information content (AvgIpc) is 2.96. The molecule has 0 aliphatic rings. The van der Waals surface area contributed by atoms with E-state index in [4.69, 9.17) is 12.2 Å². The number of anilines is 1. The second-order valence-corrected chi connectivity index (χ2v) is 4.64. The van der Waals surface area contributed by atoms with E-state index in [0.717, 1.165) is 12.1 Å². The highest BCUT2D eigenvalue weighted by atomic mass is 16.2. The van der Waals surface area contributed by atoms with Crippen molar-refractivity contribution >= 4 is 11.6 Å². The molecule has 0 unspecified atom stereocenters. The first-order chi connectivity index (χ1) is 10.2. The minimum absolute atomic E-state index is 0.164. The number of nitrogen functional groups attached to an aromatic ring is 1. The molecule has 0 aliphatic heterocycles. The Morgan fingerprint density at radius 3 is 2.86 bits per heavy atom. The first-order valence-electron chi connectivity index (χ1n) is 6.80. The van der Waals surface area contributed by atoms with E-state index in [1.807, 2.05) is 25.1 Å². The highest BCUT2D eigenvalue weighted by Crippen LogP contribution is 2.16. The van der Waals surface area contributed by atoms with E-state index in [1.54, 1.807) is 27.9 Å². The normalized spacial score (nSPS) is 10.1. The number of rotatable bonds is 5. The van der Waals surface area contributed by atoms with Crippen LogP contribution in [0.3, 0.4) is 0 Å². The number of para-hydroxylation sites is 2. The molecule has 2 rings (SSSR count). The van der Waals surface area contributed by atoms with Crippen molar-refractivity contribution in [2.24, 2.45) is 0 Å². The lowest BCUT2D eigenvalue weighted by molar-refractivity contribution is 0.0770. The summed E-state index contributed by atoms with van der Waals surface area (Å²) < 4.78 is 1.60.